The van der Waals surface area contributed by atoms with Gasteiger partial charge in [-0.05, 0) is 36.4 Å². The summed E-state index contributed by atoms with van der Waals surface area (Å²) < 4.78 is 157. The third-order valence-electron chi connectivity index (χ3n) is 5.21. The van der Waals surface area contributed by atoms with Gasteiger partial charge in [-0.1, -0.05) is 0 Å². The molecule has 0 heterocycles. The summed E-state index contributed by atoms with van der Waals surface area (Å²) >= 11 is 0. The molecule has 43 heavy (non-hydrogen) atoms. The number of sulfone groups is 1. The molecular formula is C19H19N3O16S5. The fourth-order valence-electron chi connectivity index (χ4n) is 3.39. The van der Waals surface area contributed by atoms with E-state index in [1.54, 1.807) is 0 Å². The zero-order chi connectivity index (χ0) is 32.6. The molecule has 0 spiro atoms. The summed E-state index contributed by atoms with van der Waals surface area (Å²) in [6.07, 6.45) is 0. The minimum Gasteiger partial charge on any atom is -0.507 e. The topological polar surface area (TPSA) is 318 Å². The molecule has 3 aromatic rings. The number of phenolic OH excluding ortho intramolecular Hbond substituents is 1. The summed E-state index contributed by atoms with van der Waals surface area (Å²) in [7, 11) is -24.3. The van der Waals surface area contributed by atoms with Crippen LogP contribution in [0.1, 0.15) is 0 Å². The molecule has 19 nitrogen and oxygen atoms in total. The maximum absolute atomic E-state index is 12.5. The second-order valence-corrected chi connectivity index (χ2v) is 15.7. The Kier molecular flexibility index (Phi) is 9.52. The highest BCUT2D eigenvalue weighted by molar-refractivity contribution is 7.91. The summed E-state index contributed by atoms with van der Waals surface area (Å²) in [5.41, 5.74) is -1.49. The number of benzene rings is 3. The lowest BCUT2D eigenvalue weighted by Gasteiger charge is -2.12. The minimum atomic E-state index is -5.25. The number of anilines is 1. The quantitative estimate of drug-likeness (QED) is 0.114. The summed E-state index contributed by atoms with van der Waals surface area (Å²) in [6.45, 7) is -1.05. The predicted molar refractivity (Wildman–Crippen MR) is 145 cm³/mol. The van der Waals surface area contributed by atoms with Gasteiger partial charge in [0.25, 0.3) is 30.4 Å². The molecular weight excluding hydrogens is 687 g/mol. The van der Waals surface area contributed by atoms with Crippen LogP contribution >= 0.6 is 0 Å². The molecule has 0 atom stereocenters. The lowest BCUT2D eigenvalue weighted by atomic mass is 10.1. The number of aromatic hydroxyl groups is 1. The van der Waals surface area contributed by atoms with Gasteiger partial charge in [0.2, 0.25) is 0 Å². The van der Waals surface area contributed by atoms with Gasteiger partial charge in [0.1, 0.15) is 27.9 Å². The molecule has 0 fully saturated rings. The van der Waals surface area contributed by atoms with Gasteiger partial charge >= 0.3 is 10.4 Å². The van der Waals surface area contributed by atoms with Crippen molar-refractivity contribution in [3.8, 4) is 5.75 Å². The Hall–Kier alpha value is -3.33. The molecule has 0 amide bonds. The fourth-order valence-corrected chi connectivity index (χ4v) is 6.49. The third kappa shape index (κ3) is 9.08. The van der Waals surface area contributed by atoms with E-state index in [0.717, 1.165) is 24.3 Å². The molecule has 3 rings (SSSR count). The Bertz CT molecular complexity index is 2180. The van der Waals surface area contributed by atoms with E-state index >= 15 is 0 Å². The van der Waals surface area contributed by atoms with Gasteiger partial charge in [0, 0.05) is 16.8 Å². The Morgan fingerprint density at radius 3 is 1.93 bits per heavy atom. The summed E-state index contributed by atoms with van der Waals surface area (Å²) in [6, 6.07) is 5.73. The predicted octanol–water partition coefficient (Wildman–Crippen LogP) is 1.30. The van der Waals surface area contributed by atoms with Crippen molar-refractivity contribution in [2.24, 2.45) is 10.2 Å². The number of nitrogens with zero attached hydrogens (tertiary/aromatic N) is 2. The van der Waals surface area contributed by atoms with Gasteiger partial charge in [-0.25, -0.2) is 12.6 Å². The van der Waals surface area contributed by atoms with Crippen LogP contribution in [0.5, 0.6) is 5.75 Å². The van der Waals surface area contributed by atoms with E-state index < -0.39 is 101 Å². The maximum atomic E-state index is 12.5. The zero-order valence-corrected chi connectivity index (χ0v) is 24.9. The smallest absolute Gasteiger partial charge is 0.397 e. The van der Waals surface area contributed by atoms with Crippen LogP contribution < -0.4 is 5.32 Å². The summed E-state index contributed by atoms with van der Waals surface area (Å²) in [5.74, 6) is -2.87. The van der Waals surface area contributed by atoms with E-state index in [-0.39, 0.29) is 16.5 Å². The molecule has 24 heteroatoms. The monoisotopic (exact) mass is 705 g/mol. The zero-order valence-electron chi connectivity index (χ0n) is 20.8. The Morgan fingerprint density at radius 1 is 0.721 bits per heavy atom. The van der Waals surface area contributed by atoms with Gasteiger partial charge in [-0.3, -0.25) is 18.2 Å². The van der Waals surface area contributed by atoms with Crippen molar-refractivity contribution >= 4 is 78.4 Å². The molecule has 0 radical (unpaired) electrons. The number of hydrogen-bond donors (Lipinski definition) is 6. The molecule has 0 aliphatic heterocycles. The van der Waals surface area contributed by atoms with Crippen LogP contribution in [0.4, 0.5) is 17.1 Å². The number of rotatable bonds is 12. The van der Waals surface area contributed by atoms with E-state index in [4.69, 9.17) is 9.11 Å². The van der Waals surface area contributed by atoms with Crippen LogP contribution in [0.15, 0.2) is 67.4 Å². The van der Waals surface area contributed by atoms with Crippen LogP contribution in [0.2, 0.25) is 0 Å². The van der Waals surface area contributed by atoms with Crippen LogP contribution in [0.25, 0.3) is 10.8 Å². The fraction of sp³-hybridized carbons (Fsp3) is 0.158. The minimum absolute atomic E-state index is 0.123. The summed E-state index contributed by atoms with van der Waals surface area (Å²) in [4.78, 5) is -2.74. The van der Waals surface area contributed by atoms with Crippen molar-refractivity contribution in [1.29, 1.82) is 0 Å². The van der Waals surface area contributed by atoms with Gasteiger partial charge < -0.3 is 10.4 Å². The molecule has 0 aliphatic carbocycles. The van der Waals surface area contributed by atoms with Gasteiger partial charge in [0.05, 0.1) is 27.8 Å². The van der Waals surface area contributed by atoms with Gasteiger partial charge in [-0.2, -0.15) is 33.7 Å². The van der Waals surface area contributed by atoms with E-state index in [1.165, 1.54) is 6.07 Å². The van der Waals surface area contributed by atoms with Crippen LogP contribution in [-0.4, -0.2) is 83.6 Å². The first kappa shape index (κ1) is 34.2. The van der Waals surface area contributed by atoms with E-state index in [1.807, 2.05) is 0 Å². The number of hydrogen-bond acceptors (Lipinski definition) is 15. The molecule has 3 aromatic carbocycles. The summed E-state index contributed by atoms with van der Waals surface area (Å²) in [5, 5.41) is 19.6. The number of fused-ring (bicyclic) bond motifs is 1. The first-order chi connectivity index (χ1) is 19.5. The largest absolute Gasteiger partial charge is 0.507 e. The average molecular weight is 706 g/mol. The lowest BCUT2D eigenvalue weighted by Crippen LogP contribution is -2.16. The highest BCUT2D eigenvalue weighted by Gasteiger charge is 2.24. The highest BCUT2D eigenvalue weighted by Crippen LogP contribution is 2.41. The first-order valence-corrected chi connectivity index (χ1v) is 18.3. The molecule has 0 bridgehead atoms. The second kappa shape index (κ2) is 12.0. The van der Waals surface area contributed by atoms with Crippen molar-refractivity contribution < 1.29 is 69.6 Å². The average Bonchev–Trinajstić information content (AvgIpc) is 2.83. The normalized spacial score (nSPS) is 13.5. The van der Waals surface area contributed by atoms with Crippen LogP contribution in [0, 0.1) is 0 Å². The van der Waals surface area contributed by atoms with Crippen LogP contribution in [-0.2, 0) is 54.8 Å². The molecule has 0 saturated carbocycles. The lowest BCUT2D eigenvalue weighted by molar-refractivity contribution is 0.284. The van der Waals surface area contributed by atoms with Crippen molar-refractivity contribution in [2.75, 3.05) is 23.6 Å². The second-order valence-electron chi connectivity index (χ2n) is 8.25. The van der Waals surface area contributed by atoms with Gasteiger partial charge in [-0.15, -0.1) is 10.2 Å². The standard InChI is InChI=1S/C19H19N3O16S5/c23-17-8-12(41(29,30)31)7-14-13(17)2-4-16(20-10-40(26,27)28)19(14)22-21-15-3-1-11(9-18(15)42(32,33)34)39(24,25)6-5-38-43(35,36)37/h1-4,7-9,20,23H,5-6,10H2,(H,26,27,28)(H,29,30,31)(H,32,33,34)(H,35,36,37)/b22-21+. The highest BCUT2D eigenvalue weighted by atomic mass is 32.3. The van der Waals surface area contributed by atoms with E-state index in [2.05, 4.69) is 19.7 Å². The number of phenols is 1. The molecule has 236 valence electrons. The number of nitrogens with one attached hydrogen (secondary N) is 1. The Morgan fingerprint density at radius 2 is 1.37 bits per heavy atom. The Balaban J connectivity index is 2.22. The molecule has 0 unspecified atom stereocenters. The maximum Gasteiger partial charge on any atom is 0.397 e. The number of azo groups is 1. The molecule has 6 N–H and O–H groups in total. The third-order valence-corrected chi connectivity index (χ3v) is 9.58. The van der Waals surface area contributed by atoms with Crippen LogP contribution in [0.3, 0.4) is 0 Å². The van der Waals surface area contributed by atoms with Gasteiger partial charge in [0.15, 0.2) is 9.84 Å². The SMILES string of the molecule is O=S(=O)(O)CNc1ccc2c(O)cc(S(=O)(=O)O)cc2c1/N=N/c1ccc(S(=O)(=O)CCOS(=O)(=O)O)cc1S(=O)(=O)O. The van der Waals surface area contributed by atoms with E-state index in [9.17, 15) is 56.3 Å². The molecule has 0 aromatic heterocycles. The van der Waals surface area contributed by atoms with Crippen molar-refractivity contribution in [3.05, 3.63) is 42.5 Å². The van der Waals surface area contributed by atoms with Crippen molar-refractivity contribution in [3.63, 3.8) is 0 Å². The van der Waals surface area contributed by atoms with Crippen molar-refractivity contribution in [1.82, 2.24) is 0 Å². The molecule has 0 saturated heterocycles. The first-order valence-electron chi connectivity index (χ1n) is 10.8. The molecule has 0 aliphatic rings. The Labute approximate surface area is 244 Å². The van der Waals surface area contributed by atoms with E-state index in [0.29, 0.717) is 12.1 Å². The van der Waals surface area contributed by atoms with Crippen molar-refractivity contribution in [2.45, 2.75) is 14.7 Å².